The van der Waals surface area contributed by atoms with Crippen LogP contribution in [0, 0.1) is 11.7 Å². The van der Waals surface area contributed by atoms with Crippen LogP contribution in [0.4, 0.5) is 9.18 Å². The second-order valence-corrected chi connectivity index (χ2v) is 10.8. The summed E-state index contributed by atoms with van der Waals surface area (Å²) in [5.41, 5.74) is 1.33. The van der Waals surface area contributed by atoms with Gasteiger partial charge < -0.3 is 19.5 Å². The SMILES string of the molecule is CN(C(=O)OCc1cc(Cl)sc1-c1ccc(OC2CCCC(C(=O)O)C2)c(F)c1)C1CCCC1. The number of hydrogen-bond donors (Lipinski definition) is 1. The molecule has 2 atom stereocenters. The maximum absolute atomic E-state index is 14.9. The second kappa shape index (κ2) is 11.0. The quantitative estimate of drug-likeness (QED) is 0.447. The normalized spacial score (nSPS) is 20.8. The van der Waals surface area contributed by atoms with Crippen molar-refractivity contribution in [1.82, 2.24) is 4.90 Å². The molecule has 0 radical (unpaired) electrons. The zero-order valence-corrected chi connectivity index (χ0v) is 20.7. The molecule has 0 spiro atoms. The lowest BCUT2D eigenvalue weighted by molar-refractivity contribution is -0.143. The third-order valence-corrected chi connectivity index (χ3v) is 8.11. The van der Waals surface area contributed by atoms with Crippen LogP contribution in [0.25, 0.3) is 10.4 Å². The van der Waals surface area contributed by atoms with Gasteiger partial charge in [0.25, 0.3) is 0 Å². The van der Waals surface area contributed by atoms with E-state index in [1.807, 2.05) is 0 Å². The topological polar surface area (TPSA) is 76.1 Å². The number of ether oxygens (including phenoxy) is 2. The summed E-state index contributed by atoms with van der Waals surface area (Å²) in [4.78, 5) is 26.1. The number of rotatable bonds is 7. The summed E-state index contributed by atoms with van der Waals surface area (Å²) in [7, 11) is 1.76. The minimum absolute atomic E-state index is 0.0486. The molecule has 184 valence electrons. The van der Waals surface area contributed by atoms with Crippen LogP contribution < -0.4 is 4.74 Å². The first-order chi connectivity index (χ1) is 16.3. The minimum atomic E-state index is -0.832. The van der Waals surface area contributed by atoms with Gasteiger partial charge in [0.2, 0.25) is 0 Å². The number of thiophene rings is 1. The summed E-state index contributed by atoms with van der Waals surface area (Å²) in [6, 6.07) is 6.64. The van der Waals surface area contributed by atoms with Gasteiger partial charge in [-0.3, -0.25) is 4.79 Å². The average Bonchev–Trinajstić information content (AvgIpc) is 3.48. The van der Waals surface area contributed by atoms with Crippen LogP contribution in [-0.4, -0.2) is 41.3 Å². The maximum atomic E-state index is 14.9. The molecule has 6 nitrogen and oxygen atoms in total. The van der Waals surface area contributed by atoms with E-state index in [1.165, 1.54) is 17.4 Å². The summed E-state index contributed by atoms with van der Waals surface area (Å²) >= 11 is 7.53. The van der Waals surface area contributed by atoms with Gasteiger partial charge >= 0.3 is 12.1 Å². The predicted octanol–water partition coefficient (Wildman–Crippen LogP) is 6.74. The molecule has 1 heterocycles. The van der Waals surface area contributed by atoms with E-state index in [0.29, 0.717) is 34.7 Å². The molecule has 9 heteroatoms. The zero-order chi connectivity index (χ0) is 24.2. The molecule has 0 saturated heterocycles. The van der Waals surface area contributed by atoms with Crippen molar-refractivity contribution in [2.75, 3.05) is 7.05 Å². The van der Waals surface area contributed by atoms with Crippen molar-refractivity contribution in [3.63, 3.8) is 0 Å². The highest BCUT2D eigenvalue weighted by Gasteiger charge is 2.29. The van der Waals surface area contributed by atoms with Crippen molar-refractivity contribution in [1.29, 1.82) is 0 Å². The Kier molecular flexibility index (Phi) is 7.99. The van der Waals surface area contributed by atoms with E-state index in [9.17, 15) is 19.1 Å². The molecule has 0 aliphatic heterocycles. The first-order valence-electron chi connectivity index (χ1n) is 11.7. The van der Waals surface area contributed by atoms with E-state index < -0.39 is 17.7 Å². The third kappa shape index (κ3) is 5.84. The number of benzene rings is 1. The molecule has 1 aromatic carbocycles. The van der Waals surface area contributed by atoms with E-state index in [4.69, 9.17) is 21.1 Å². The number of hydrogen-bond acceptors (Lipinski definition) is 5. The highest BCUT2D eigenvalue weighted by Crippen LogP contribution is 2.38. The van der Waals surface area contributed by atoms with Crippen LogP contribution in [0.5, 0.6) is 5.75 Å². The monoisotopic (exact) mass is 509 g/mol. The molecule has 0 bridgehead atoms. The highest BCUT2D eigenvalue weighted by atomic mass is 35.5. The number of carboxylic acids is 1. The van der Waals surface area contributed by atoms with Gasteiger partial charge in [-0.05, 0) is 68.4 Å². The van der Waals surface area contributed by atoms with Crippen molar-refractivity contribution in [2.45, 2.75) is 70.1 Å². The standard InChI is InChI=1S/C25H29ClFNO5S/c1-28(18-6-2-3-7-18)25(31)32-14-17-13-22(26)34-23(17)15-9-10-21(20(27)12-15)33-19-8-4-5-16(11-19)24(29)30/h9-10,12-13,16,18-19H,2-8,11,14H2,1H3,(H,29,30). The Hall–Kier alpha value is -2.32. The largest absolute Gasteiger partial charge is 0.487 e. The van der Waals surface area contributed by atoms with Gasteiger partial charge in [0.05, 0.1) is 16.4 Å². The molecule has 2 fully saturated rings. The summed E-state index contributed by atoms with van der Waals surface area (Å²) in [6.45, 7) is 0.0486. The van der Waals surface area contributed by atoms with E-state index in [1.54, 1.807) is 30.1 Å². The molecule has 1 amide bonds. The van der Waals surface area contributed by atoms with Crippen molar-refractivity contribution in [3.8, 4) is 16.2 Å². The predicted molar refractivity (Wildman–Crippen MR) is 129 cm³/mol. The van der Waals surface area contributed by atoms with E-state index in [0.717, 1.165) is 37.0 Å². The lowest BCUT2D eigenvalue weighted by atomic mass is 9.87. The fraction of sp³-hybridized carbons (Fsp3) is 0.520. The summed E-state index contributed by atoms with van der Waals surface area (Å²) < 4.78 is 26.8. The van der Waals surface area contributed by atoms with Crippen LogP contribution in [-0.2, 0) is 16.1 Å². The Bertz CT molecular complexity index is 1040. The molecule has 2 aliphatic carbocycles. The molecular weight excluding hydrogens is 481 g/mol. The molecule has 1 aromatic heterocycles. The Morgan fingerprint density at radius 2 is 1.94 bits per heavy atom. The minimum Gasteiger partial charge on any atom is -0.487 e. The Morgan fingerprint density at radius 1 is 1.18 bits per heavy atom. The van der Waals surface area contributed by atoms with Crippen LogP contribution in [0.15, 0.2) is 24.3 Å². The molecular formula is C25H29ClFNO5S. The van der Waals surface area contributed by atoms with Gasteiger partial charge in [0.1, 0.15) is 6.61 Å². The van der Waals surface area contributed by atoms with Crippen molar-refractivity contribution >= 4 is 35.0 Å². The zero-order valence-electron chi connectivity index (χ0n) is 19.1. The number of carboxylic acid groups (broad SMARTS) is 1. The summed E-state index contributed by atoms with van der Waals surface area (Å²) in [6.07, 6.45) is 5.99. The highest BCUT2D eigenvalue weighted by molar-refractivity contribution is 7.19. The van der Waals surface area contributed by atoms with Crippen LogP contribution >= 0.6 is 22.9 Å². The number of carbonyl (C=O) groups excluding carboxylic acids is 1. The Balaban J connectivity index is 1.42. The smallest absolute Gasteiger partial charge is 0.410 e. The van der Waals surface area contributed by atoms with Crippen molar-refractivity contribution in [2.24, 2.45) is 5.92 Å². The van der Waals surface area contributed by atoms with Gasteiger partial charge in [0, 0.05) is 23.5 Å². The average molecular weight is 510 g/mol. The van der Waals surface area contributed by atoms with Gasteiger partial charge in [-0.1, -0.05) is 24.4 Å². The molecule has 2 unspecified atom stereocenters. The summed E-state index contributed by atoms with van der Waals surface area (Å²) in [5, 5.41) is 9.26. The first-order valence-corrected chi connectivity index (χ1v) is 12.9. The lowest BCUT2D eigenvalue weighted by Gasteiger charge is -2.27. The van der Waals surface area contributed by atoms with E-state index >= 15 is 0 Å². The Labute approximate surface area is 207 Å². The van der Waals surface area contributed by atoms with Gasteiger partial charge in [-0.15, -0.1) is 11.3 Å². The maximum Gasteiger partial charge on any atom is 0.410 e. The molecule has 2 saturated carbocycles. The van der Waals surface area contributed by atoms with Crippen molar-refractivity contribution < 1.29 is 28.6 Å². The van der Waals surface area contributed by atoms with Crippen LogP contribution in [0.2, 0.25) is 4.34 Å². The molecule has 2 aliphatic rings. The Morgan fingerprint density at radius 3 is 2.65 bits per heavy atom. The van der Waals surface area contributed by atoms with Gasteiger partial charge in [0.15, 0.2) is 11.6 Å². The number of aliphatic carboxylic acids is 1. The van der Waals surface area contributed by atoms with E-state index in [-0.39, 0.29) is 30.6 Å². The fourth-order valence-corrected chi connectivity index (χ4v) is 6.08. The second-order valence-electron chi connectivity index (χ2n) is 9.10. The number of amides is 1. The number of halogens is 2. The number of carbonyl (C=O) groups is 2. The van der Waals surface area contributed by atoms with Crippen LogP contribution in [0.3, 0.4) is 0 Å². The molecule has 2 aromatic rings. The molecule has 4 rings (SSSR count). The molecule has 1 N–H and O–H groups in total. The molecule has 34 heavy (non-hydrogen) atoms. The van der Waals surface area contributed by atoms with Crippen LogP contribution in [0.1, 0.15) is 56.9 Å². The first kappa shape index (κ1) is 24.8. The van der Waals surface area contributed by atoms with Gasteiger partial charge in [-0.2, -0.15) is 0 Å². The fourth-order valence-electron chi connectivity index (χ4n) is 4.82. The van der Waals surface area contributed by atoms with Gasteiger partial charge in [-0.25, -0.2) is 9.18 Å². The van der Waals surface area contributed by atoms with Crippen molar-refractivity contribution in [3.05, 3.63) is 40.0 Å². The van der Waals surface area contributed by atoms with E-state index in [2.05, 4.69) is 0 Å². The third-order valence-electron chi connectivity index (χ3n) is 6.75. The lowest BCUT2D eigenvalue weighted by Crippen LogP contribution is -2.35. The number of nitrogens with zero attached hydrogens (tertiary/aromatic N) is 1. The summed E-state index contributed by atoms with van der Waals surface area (Å²) in [5.74, 6) is -1.70.